The number of nitrogens with zero attached hydrogens (tertiary/aromatic N) is 2. The molecule has 0 spiro atoms. The molecule has 0 aromatic heterocycles. The zero-order valence-corrected chi connectivity index (χ0v) is 27.6. The van der Waals surface area contributed by atoms with E-state index in [4.69, 9.17) is 20.0 Å². The van der Waals surface area contributed by atoms with Gasteiger partial charge in [-0.25, -0.2) is 4.79 Å². The lowest BCUT2D eigenvalue weighted by Gasteiger charge is -2.37. The van der Waals surface area contributed by atoms with Gasteiger partial charge in [-0.2, -0.15) is 0 Å². The van der Waals surface area contributed by atoms with Gasteiger partial charge in [-0.3, -0.25) is 14.5 Å². The highest BCUT2D eigenvalue weighted by Gasteiger charge is 2.30. The van der Waals surface area contributed by atoms with Crippen molar-refractivity contribution >= 4 is 25.1 Å². The number of aldehydes is 2. The summed E-state index contributed by atoms with van der Waals surface area (Å²) in [5, 5.41) is 2.25. The van der Waals surface area contributed by atoms with E-state index in [9.17, 15) is 14.4 Å². The second-order valence-electron chi connectivity index (χ2n) is 12.1. The zero-order chi connectivity index (χ0) is 33.0. The van der Waals surface area contributed by atoms with Crippen molar-refractivity contribution in [1.82, 2.24) is 15.1 Å². The second-order valence-corrected chi connectivity index (χ2v) is 12.1. The lowest BCUT2D eigenvalue weighted by atomic mass is 9.91. The molecular weight excluding hydrogens is 560 g/mol. The molecule has 1 aromatic carbocycles. The summed E-state index contributed by atoms with van der Waals surface area (Å²) in [6.45, 7) is 9.75. The Hall–Kier alpha value is -3.26. The predicted molar refractivity (Wildman–Crippen MR) is 173 cm³/mol. The van der Waals surface area contributed by atoms with E-state index >= 15 is 0 Å². The van der Waals surface area contributed by atoms with Crippen LogP contribution in [-0.4, -0.2) is 92.5 Å². The first-order valence-electron chi connectivity index (χ1n) is 15.7. The third-order valence-electron chi connectivity index (χ3n) is 7.26. The molecule has 1 fully saturated rings. The number of nitrogens with one attached hydrogen (secondary N) is 1. The van der Waals surface area contributed by atoms with Crippen LogP contribution >= 0.6 is 0 Å². The molecule has 0 saturated heterocycles. The number of amides is 2. The van der Waals surface area contributed by atoms with Gasteiger partial charge in [0.15, 0.2) is 0 Å². The molecule has 10 nitrogen and oxygen atoms in total. The maximum Gasteiger partial charge on any atom is 0.410 e. The van der Waals surface area contributed by atoms with Gasteiger partial charge in [0.2, 0.25) is 6.41 Å². The number of carbonyl (C=O) groups excluding carboxylic acids is 4. The number of hydrogen-bond acceptors (Lipinski definition) is 8. The SMILES string of the molecule is CCCC(C=O)N(C)Cc1c(C#CCCOCCCN(C(=O)OC(C)(C)C)C2CCC(N)CC2)cccc1C=O.CNC=O. The standard InChI is InChI=1S/C32H49N3O5.C2H5NO/c1-6-11-29(24-37)34(5)22-30-25(13-9-14-26(30)23-36)12-7-8-20-39-21-10-19-35(31(38)40-32(2,3)4)28-17-15-27(33)16-18-28;1-3-2-4/h9,13-14,23-24,27-29H,6,8,10-11,15-22,33H2,1-5H3;2H,1H3,(H,3,4). The van der Waals surface area contributed by atoms with Crippen molar-refractivity contribution in [3.05, 3.63) is 34.9 Å². The number of hydrogen-bond donors (Lipinski definition) is 2. The van der Waals surface area contributed by atoms with E-state index in [2.05, 4.69) is 17.2 Å². The van der Waals surface area contributed by atoms with Crippen molar-refractivity contribution in [3.8, 4) is 11.8 Å². The monoisotopic (exact) mass is 614 g/mol. The molecule has 2 rings (SSSR count). The van der Waals surface area contributed by atoms with Crippen molar-refractivity contribution in [1.29, 1.82) is 0 Å². The lowest BCUT2D eigenvalue weighted by molar-refractivity contribution is -0.112. The second kappa shape index (κ2) is 21.4. The van der Waals surface area contributed by atoms with Gasteiger partial charge in [0.25, 0.3) is 0 Å². The molecule has 0 heterocycles. The maximum absolute atomic E-state index is 12.9. The van der Waals surface area contributed by atoms with Crippen LogP contribution in [0.15, 0.2) is 18.2 Å². The lowest BCUT2D eigenvalue weighted by Crippen LogP contribution is -2.46. The van der Waals surface area contributed by atoms with Gasteiger partial charge < -0.3 is 30.2 Å². The van der Waals surface area contributed by atoms with Crippen LogP contribution in [0.3, 0.4) is 0 Å². The average Bonchev–Trinajstić information content (AvgIpc) is 2.99. The Balaban J connectivity index is 0.00000227. The highest BCUT2D eigenvalue weighted by molar-refractivity contribution is 5.78. The van der Waals surface area contributed by atoms with Gasteiger partial charge >= 0.3 is 6.09 Å². The van der Waals surface area contributed by atoms with Crippen LogP contribution in [0.5, 0.6) is 0 Å². The maximum atomic E-state index is 12.9. The molecule has 3 N–H and O–H groups in total. The minimum atomic E-state index is -0.540. The Kier molecular flexibility index (Phi) is 18.9. The fourth-order valence-corrected chi connectivity index (χ4v) is 4.94. The van der Waals surface area contributed by atoms with Gasteiger partial charge in [0.05, 0.1) is 12.6 Å². The zero-order valence-electron chi connectivity index (χ0n) is 27.6. The number of carbonyl (C=O) groups is 4. The van der Waals surface area contributed by atoms with Crippen LogP contribution in [0.1, 0.15) is 101 Å². The fraction of sp³-hybridized carbons (Fsp3) is 0.647. The molecule has 1 aliphatic carbocycles. The quantitative estimate of drug-likeness (QED) is 0.170. The van der Waals surface area contributed by atoms with Crippen LogP contribution in [0, 0.1) is 11.8 Å². The first-order chi connectivity index (χ1) is 21.0. The molecule has 1 aromatic rings. The number of nitrogens with two attached hydrogens (primary N) is 1. The van der Waals surface area contributed by atoms with Crippen LogP contribution < -0.4 is 11.1 Å². The highest BCUT2D eigenvalue weighted by atomic mass is 16.6. The molecule has 2 amide bonds. The topological polar surface area (TPSA) is 131 Å². The van der Waals surface area contributed by atoms with Crippen LogP contribution in [0.2, 0.25) is 0 Å². The van der Waals surface area contributed by atoms with E-state index in [-0.39, 0.29) is 24.2 Å². The van der Waals surface area contributed by atoms with Crippen LogP contribution in [-0.2, 0) is 25.6 Å². The molecule has 1 aliphatic rings. The van der Waals surface area contributed by atoms with Gasteiger partial charge in [-0.15, -0.1) is 0 Å². The largest absolute Gasteiger partial charge is 0.444 e. The normalized spacial score (nSPS) is 16.8. The molecule has 44 heavy (non-hydrogen) atoms. The first-order valence-corrected chi connectivity index (χ1v) is 15.7. The van der Waals surface area contributed by atoms with Gasteiger partial charge in [-0.05, 0) is 78.0 Å². The highest BCUT2D eigenvalue weighted by Crippen LogP contribution is 2.24. The first kappa shape index (κ1) is 38.8. The van der Waals surface area contributed by atoms with E-state index in [1.165, 1.54) is 0 Å². The van der Waals surface area contributed by atoms with Crippen molar-refractivity contribution in [2.75, 3.05) is 33.9 Å². The average molecular weight is 615 g/mol. The number of rotatable bonds is 15. The summed E-state index contributed by atoms with van der Waals surface area (Å²) in [6, 6.07) is 5.69. The molecule has 0 radical (unpaired) electrons. The van der Waals surface area contributed by atoms with Crippen molar-refractivity contribution in [2.24, 2.45) is 5.73 Å². The number of benzene rings is 1. The summed E-state index contributed by atoms with van der Waals surface area (Å²) in [7, 11) is 3.46. The molecule has 10 heteroatoms. The Morgan fingerprint density at radius 1 is 1.16 bits per heavy atom. The predicted octanol–water partition coefficient (Wildman–Crippen LogP) is 4.32. The molecule has 0 bridgehead atoms. The van der Waals surface area contributed by atoms with E-state index in [0.29, 0.717) is 51.1 Å². The van der Waals surface area contributed by atoms with Gasteiger partial charge in [0, 0.05) is 56.4 Å². The number of likely N-dealkylation sites (N-methyl/N-ethyl adjacent to an activating group) is 1. The minimum Gasteiger partial charge on any atom is -0.444 e. The minimum absolute atomic E-state index is 0.152. The van der Waals surface area contributed by atoms with E-state index in [1.807, 2.05) is 56.7 Å². The summed E-state index contributed by atoms with van der Waals surface area (Å²) < 4.78 is 11.5. The van der Waals surface area contributed by atoms with E-state index < -0.39 is 5.60 Å². The van der Waals surface area contributed by atoms with Crippen molar-refractivity contribution < 1.29 is 28.7 Å². The Labute approximate surface area is 264 Å². The Morgan fingerprint density at radius 2 is 1.84 bits per heavy atom. The third-order valence-corrected chi connectivity index (χ3v) is 7.26. The smallest absolute Gasteiger partial charge is 0.410 e. The molecule has 1 saturated carbocycles. The number of ether oxygens (including phenoxy) is 2. The van der Waals surface area contributed by atoms with E-state index in [1.54, 1.807) is 13.1 Å². The van der Waals surface area contributed by atoms with Crippen LogP contribution in [0.25, 0.3) is 0 Å². The molecule has 246 valence electrons. The molecule has 1 unspecified atom stereocenters. The Morgan fingerprint density at radius 3 is 2.41 bits per heavy atom. The third kappa shape index (κ3) is 15.0. The Bertz CT molecular complexity index is 1070. The summed E-state index contributed by atoms with van der Waals surface area (Å²) in [4.78, 5) is 49.0. The molecule has 0 aliphatic heterocycles. The molecular formula is C34H54N4O6. The fourth-order valence-electron chi connectivity index (χ4n) is 4.94. The van der Waals surface area contributed by atoms with Gasteiger partial charge in [0.1, 0.15) is 18.2 Å². The summed E-state index contributed by atoms with van der Waals surface area (Å²) >= 11 is 0. The summed E-state index contributed by atoms with van der Waals surface area (Å²) in [6.07, 6.45) is 8.73. The van der Waals surface area contributed by atoms with E-state index in [0.717, 1.165) is 62.2 Å². The van der Waals surface area contributed by atoms with Crippen molar-refractivity contribution in [2.45, 2.75) is 109 Å². The van der Waals surface area contributed by atoms with Gasteiger partial charge in [-0.1, -0.05) is 37.3 Å². The van der Waals surface area contributed by atoms with Crippen molar-refractivity contribution in [3.63, 3.8) is 0 Å². The van der Waals surface area contributed by atoms with Crippen LogP contribution in [0.4, 0.5) is 4.79 Å². The summed E-state index contributed by atoms with van der Waals surface area (Å²) in [5.41, 5.74) is 7.74. The molecule has 1 atom stereocenters. The summed E-state index contributed by atoms with van der Waals surface area (Å²) in [5.74, 6) is 6.35.